The standard InChI is InChI=1S/C12H17N3O3/c13-11(15-18)7-3-4-8-14-12(17)9-5-1-2-6-10(9)16/h1-2,5-6,16,18H,3-4,7-8H2,(H2,13,15)(H,14,17). The summed E-state index contributed by atoms with van der Waals surface area (Å²) in [5.74, 6) is -0.161. The third-order valence-corrected chi connectivity index (χ3v) is 2.42. The lowest BCUT2D eigenvalue weighted by Crippen LogP contribution is -2.24. The number of phenols is 1. The van der Waals surface area contributed by atoms with Crippen LogP contribution in [0.5, 0.6) is 5.75 Å². The summed E-state index contributed by atoms with van der Waals surface area (Å²) >= 11 is 0. The van der Waals surface area contributed by atoms with E-state index in [4.69, 9.17) is 10.9 Å². The van der Waals surface area contributed by atoms with Crippen LogP contribution >= 0.6 is 0 Å². The molecule has 0 atom stereocenters. The highest BCUT2D eigenvalue weighted by molar-refractivity contribution is 5.96. The van der Waals surface area contributed by atoms with Crippen molar-refractivity contribution in [3.8, 4) is 5.75 Å². The van der Waals surface area contributed by atoms with Crippen LogP contribution in [0.1, 0.15) is 29.6 Å². The van der Waals surface area contributed by atoms with Gasteiger partial charge in [-0.1, -0.05) is 17.3 Å². The van der Waals surface area contributed by atoms with Gasteiger partial charge in [0.25, 0.3) is 5.91 Å². The number of aromatic hydroxyl groups is 1. The Hall–Kier alpha value is -2.24. The van der Waals surface area contributed by atoms with Gasteiger partial charge in [0.2, 0.25) is 0 Å². The van der Waals surface area contributed by atoms with E-state index in [2.05, 4.69) is 10.5 Å². The lowest BCUT2D eigenvalue weighted by molar-refractivity contribution is 0.0950. The number of nitrogens with zero attached hydrogens (tertiary/aromatic N) is 1. The molecule has 6 nitrogen and oxygen atoms in total. The van der Waals surface area contributed by atoms with Crippen molar-refractivity contribution < 1.29 is 15.1 Å². The number of oxime groups is 1. The number of para-hydroxylation sites is 1. The number of amides is 1. The van der Waals surface area contributed by atoms with Gasteiger partial charge in [0.1, 0.15) is 11.6 Å². The van der Waals surface area contributed by atoms with E-state index < -0.39 is 0 Å². The fraction of sp³-hybridized carbons (Fsp3) is 0.333. The van der Waals surface area contributed by atoms with Crippen molar-refractivity contribution >= 4 is 11.7 Å². The van der Waals surface area contributed by atoms with Gasteiger partial charge in [-0.3, -0.25) is 4.79 Å². The van der Waals surface area contributed by atoms with Crippen LogP contribution in [0.3, 0.4) is 0 Å². The summed E-state index contributed by atoms with van der Waals surface area (Å²) in [6.07, 6.45) is 1.93. The molecule has 0 fully saturated rings. The first kappa shape index (κ1) is 13.8. The summed E-state index contributed by atoms with van der Waals surface area (Å²) in [5.41, 5.74) is 5.56. The fourth-order valence-electron chi connectivity index (χ4n) is 1.44. The summed E-state index contributed by atoms with van der Waals surface area (Å²) < 4.78 is 0. The highest BCUT2D eigenvalue weighted by Crippen LogP contribution is 2.14. The third kappa shape index (κ3) is 4.32. The highest BCUT2D eigenvalue weighted by Gasteiger charge is 2.08. The molecule has 1 aromatic carbocycles. The molecule has 0 aromatic heterocycles. The van der Waals surface area contributed by atoms with E-state index in [1.54, 1.807) is 18.2 Å². The van der Waals surface area contributed by atoms with Gasteiger partial charge in [-0.2, -0.15) is 0 Å². The monoisotopic (exact) mass is 251 g/mol. The molecule has 1 amide bonds. The average Bonchev–Trinajstić information content (AvgIpc) is 2.38. The van der Waals surface area contributed by atoms with Crippen LogP contribution in [0, 0.1) is 0 Å². The molecule has 0 aliphatic heterocycles. The molecule has 0 aliphatic rings. The van der Waals surface area contributed by atoms with Crippen molar-refractivity contribution in [1.29, 1.82) is 0 Å². The molecule has 0 aliphatic carbocycles. The Balaban J connectivity index is 2.28. The number of carbonyl (C=O) groups excluding carboxylic acids is 1. The molecule has 0 bridgehead atoms. The van der Waals surface area contributed by atoms with Gasteiger partial charge in [0.15, 0.2) is 0 Å². The number of phenolic OH excluding ortho intramolecular Hbond substituents is 1. The zero-order valence-electron chi connectivity index (χ0n) is 9.97. The number of unbranched alkanes of at least 4 members (excludes halogenated alkanes) is 1. The maximum absolute atomic E-state index is 11.7. The van der Waals surface area contributed by atoms with Gasteiger partial charge in [-0.15, -0.1) is 0 Å². The number of benzene rings is 1. The maximum Gasteiger partial charge on any atom is 0.255 e. The number of amidine groups is 1. The summed E-state index contributed by atoms with van der Waals surface area (Å²) in [6.45, 7) is 0.478. The largest absolute Gasteiger partial charge is 0.507 e. The van der Waals surface area contributed by atoms with Crippen LogP contribution in [0.4, 0.5) is 0 Å². The minimum atomic E-state index is -0.308. The Morgan fingerprint density at radius 2 is 2.06 bits per heavy atom. The van der Waals surface area contributed by atoms with Crippen molar-refractivity contribution in [2.75, 3.05) is 6.54 Å². The lowest BCUT2D eigenvalue weighted by Gasteiger charge is -2.06. The van der Waals surface area contributed by atoms with Crippen molar-refractivity contribution in [2.24, 2.45) is 10.9 Å². The van der Waals surface area contributed by atoms with E-state index in [0.29, 0.717) is 13.0 Å². The van der Waals surface area contributed by atoms with Gasteiger partial charge < -0.3 is 21.4 Å². The molecule has 0 radical (unpaired) electrons. The molecule has 6 heteroatoms. The first-order valence-electron chi connectivity index (χ1n) is 5.67. The summed E-state index contributed by atoms with van der Waals surface area (Å²) in [7, 11) is 0. The number of hydrogen-bond donors (Lipinski definition) is 4. The van der Waals surface area contributed by atoms with Gasteiger partial charge >= 0.3 is 0 Å². The zero-order valence-corrected chi connectivity index (χ0v) is 9.97. The van der Waals surface area contributed by atoms with E-state index in [9.17, 15) is 9.90 Å². The van der Waals surface area contributed by atoms with Crippen molar-refractivity contribution in [2.45, 2.75) is 19.3 Å². The van der Waals surface area contributed by atoms with Crippen LogP contribution in [-0.4, -0.2) is 28.6 Å². The smallest absolute Gasteiger partial charge is 0.255 e. The highest BCUT2D eigenvalue weighted by atomic mass is 16.4. The van der Waals surface area contributed by atoms with E-state index >= 15 is 0 Å². The minimum absolute atomic E-state index is 0.0355. The summed E-state index contributed by atoms with van der Waals surface area (Å²) in [5, 5.41) is 23.3. The molecule has 0 spiro atoms. The van der Waals surface area contributed by atoms with Crippen LogP contribution < -0.4 is 11.1 Å². The SMILES string of the molecule is NC(CCCCNC(=O)c1ccccc1O)=NO. The van der Waals surface area contributed by atoms with Crippen LogP contribution in [0.2, 0.25) is 0 Å². The number of carbonyl (C=O) groups is 1. The van der Waals surface area contributed by atoms with Gasteiger partial charge in [0.05, 0.1) is 5.56 Å². The summed E-state index contributed by atoms with van der Waals surface area (Å²) in [6, 6.07) is 6.37. The van der Waals surface area contributed by atoms with Gasteiger partial charge in [-0.05, 0) is 25.0 Å². The van der Waals surface area contributed by atoms with Crippen LogP contribution in [0.15, 0.2) is 29.4 Å². The fourth-order valence-corrected chi connectivity index (χ4v) is 1.44. The van der Waals surface area contributed by atoms with E-state index in [-0.39, 0.29) is 23.1 Å². The van der Waals surface area contributed by atoms with Crippen molar-refractivity contribution in [3.05, 3.63) is 29.8 Å². The molecule has 0 unspecified atom stereocenters. The quantitative estimate of drug-likeness (QED) is 0.199. The number of nitrogens with one attached hydrogen (secondary N) is 1. The Morgan fingerprint density at radius 1 is 1.33 bits per heavy atom. The first-order valence-corrected chi connectivity index (χ1v) is 5.67. The molecule has 1 aromatic rings. The van der Waals surface area contributed by atoms with Crippen molar-refractivity contribution in [3.63, 3.8) is 0 Å². The van der Waals surface area contributed by atoms with E-state index in [0.717, 1.165) is 12.8 Å². The Bertz CT molecular complexity index is 432. The normalized spacial score (nSPS) is 11.2. The second-order valence-corrected chi connectivity index (χ2v) is 3.82. The predicted molar refractivity (Wildman–Crippen MR) is 67.7 cm³/mol. The number of hydrogen-bond acceptors (Lipinski definition) is 4. The second-order valence-electron chi connectivity index (χ2n) is 3.82. The lowest BCUT2D eigenvalue weighted by atomic mass is 10.2. The zero-order chi connectivity index (χ0) is 13.4. The molecule has 5 N–H and O–H groups in total. The third-order valence-electron chi connectivity index (χ3n) is 2.42. The Labute approximate surface area is 105 Å². The molecular formula is C12H17N3O3. The first-order chi connectivity index (χ1) is 8.65. The molecule has 1 rings (SSSR count). The average molecular weight is 251 g/mol. The topological polar surface area (TPSA) is 108 Å². The Morgan fingerprint density at radius 3 is 2.72 bits per heavy atom. The van der Waals surface area contributed by atoms with Gasteiger partial charge in [0, 0.05) is 13.0 Å². The molecule has 18 heavy (non-hydrogen) atoms. The second kappa shape index (κ2) is 7.16. The number of rotatable bonds is 6. The molecule has 98 valence electrons. The van der Waals surface area contributed by atoms with E-state index in [1.807, 2.05) is 0 Å². The van der Waals surface area contributed by atoms with Gasteiger partial charge in [-0.25, -0.2) is 0 Å². The molecule has 0 saturated carbocycles. The van der Waals surface area contributed by atoms with Crippen molar-refractivity contribution in [1.82, 2.24) is 5.32 Å². The Kier molecular flexibility index (Phi) is 5.50. The molecule has 0 heterocycles. The van der Waals surface area contributed by atoms with Crippen LogP contribution in [-0.2, 0) is 0 Å². The molecule has 0 saturated heterocycles. The number of nitrogens with two attached hydrogens (primary N) is 1. The summed E-state index contributed by atoms with van der Waals surface area (Å²) in [4.78, 5) is 11.7. The maximum atomic E-state index is 11.7. The van der Waals surface area contributed by atoms with Crippen LogP contribution in [0.25, 0.3) is 0 Å². The predicted octanol–water partition coefficient (Wildman–Crippen LogP) is 1.04. The molecular weight excluding hydrogens is 234 g/mol. The minimum Gasteiger partial charge on any atom is -0.507 e. The van der Waals surface area contributed by atoms with E-state index in [1.165, 1.54) is 6.07 Å².